The molecule has 2 aromatic rings. The summed E-state index contributed by atoms with van der Waals surface area (Å²) in [6.45, 7) is 6.86. The molecule has 3 heteroatoms. The molecule has 23 heavy (non-hydrogen) atoms. The van der Waals surface area contributed by atoms with Gasteiger partial charge in [0.1, 0.15) is 0 Å². The molecule has 0 atom stereocenters. The number of anilines is 1. The molecule has 124 valence electrons. The number of rotatable bonds is 8. The summed E-state index contributed by atoms with van der Waals surface area (Å²) in [6.07, 6.45) is 5.05. The fraction of sp³-hybridized carbons (Fsp3) is 0.400. The molecule has 0 aromatic heterocycles. The summed E-state index contributed by atoms with van der Waals surface area (Å²) in [5, 5.41) is 0. The van der Waals surface area contributed by atoms with Gasteiger partial charge in [0.25, 0.3) is 0 Å². The molecule has 0 spiro atoms. The summed E-state index contributed by atoms with van der Waals surface area (Å²) in [5.41, 5.74) is 3.94. The molecule has 0 unspecified atom stereocenters. The van der Waals surface area contributed by atoms with E-state index < -0.39 is 0 Å². The van der Waals surface area contributed by atoms with Crippen LogP contribution in [0.15, 0.2) is 54.6 Å². The largest absolute Gasteiger partial charge is 0.372 e. The van der Waals surface area contributed by atoms with Crippen LogP contribution in [0, 0.1) is 0 Å². The van der Waals surface area contributed by atoms with Gasteiger partial charge in [-0.05, 0) is 36.1 Å². The zero-order valence-corrected chi connectivity index (χ0v) is 13.4. The van der Waals surface area contributed by atoms with Crippen molar-refractivity contribution in [1.82, 2.24) is 0 Å². The van der Waals surface area contributed by atoms with Crippen LogP contribution in [-0.4, -0.2) is 47.8 Å². The molecule has 0 saturated heterocycles. The topological polar surface area (TPSA) is 3.24 Å². The number of unbranched alkanes of at least 4 members (excludes halogenated alkanes) is 2. The standard InChI is InChI=1S/C20H27N.2Al.6H/c1-3-5-16-21(17-6-4-2)20-14-12-19(13-15-20)18-10-8-7-9-11-18;;;;;;;;/h7-15H,3-6,16-17H2,1-2H3;;;;;;;;. The van der Waals surface area contributed by atoms with Crippen LogP contribution in [0.3, 0.4) is 0 Å². The van der Waals surface area contributed by atoms with Gasteiger partial charge in [0.05, 0.1) is 0 Å². The second-order valence-corrected chi connectivity index (χ2v) is 5.61. The van der Waals surface area contributed by atoms with Crippen molar-refractivity contribution in [3.8, 4) is 11.1 Å². The molecule has 1 nitrogen and oxygen atoms in total. The maximum atomic E-state index is 2.53. The van der Waals surface area contributed by atoms with Gasteiger partial charge >= 0.3 is 0 Å². The second kappa shape index (κ2) is 12.7. The third-order valence-electron chi connectivity index (χ3n) is 3.90. The lowest BCUT2D eigenvalue weighted by molar-refractivity contribution is 0.678. The van der Waals surface area contributed by atoms with E-state index in [4.69, 9.17) is 0 Å². The van der Waals surface area contributed by atoms with Crippen molar-refractivity contribution in [2.24, 2.45) is 0 Å². The third-order valence-corrected chi connectivity index (χ3v) is 3.90. The number of hydrogen-bond donors (Lipinski definition) is 0. The Hall–Kier alpha value is -0.695. The van der Waals surface area contributed by atoms with Gasteiger partial charge in [-0.2, -0.15) is 0 Å². The minimum Gasteiger partial charge on any atom is -0.372 e. The monoisotopic (exact) mass is 341 g/mol. The summed E-state index contributed by atoms with van der Waals surface area (Å²) in [5.74, 6) is 0. The predicted molar refractivity (Wildman–Crippen MR) is 114 cm³/mol. The molecule has 0 fully saturated rings. The van der Waals surface area contributed by atoms with Gasteiger partial charge in [0, 0.05) is 18.8 Å². The SMILES string of the molecule is CCCCN(CCCC)c1ccc(-c2ccccc2)cc1.[AlH3].[AlH3]. The van der Waals surface area contributed by atoms with Gasteiger partial charge < -0.3 is 4.90 Å². The van der Waals surface area contributed by atoms with Crippen molar-refractivity contribution in [1.29, 1.82) is 0 Å². The Morgan fingerprint density at radius 1 is 0.652 bits per heavy atom. The summed E-state index contributed by atoms with van der Waals surface area (Å²) in [7, 11) is 0. The van der Waals surface area contributed by atoms with Gasteiger partial charge in [-0.15, -0.1) is 0 Å². The molecule has 0 saturated carbocycles. The Bertz CT molecular complexity index is 503. The van der Waals surface area contributed by atoms with Gasteiger partial charge in [0.15, 0.2) is 34.7 Å². The van der Waals surface area contributed by atoms with E-state index in [9.17, 15) is 0 Å². The normalized spacial score (nSPS) is 9.65. The van der Waals surface area contributed by atoms with Crippen molar-refractivity contribution in [3.05, 3.63) is 54.6 Å². The molecule has 2 aromatic carbocycles. The maximum Gasteiger partial charge on any atom is 0.187 e. The summed E-state index contributed by atoms with van der Waals surface area (Å²) in [4.78, 5) is 2.53. The Balaban J connectivity index is 0.00000242. The second-order valence-electron chi connectivity index (χ2n) is 5.61. The molecule has 0 bridgehead atoms. The van der Waals surface area contributed by atoms with E-state index in [0.717, 1.165) is 0 Å². The van der Waals surface area contributed by atoms with Crippen LogP contribution in [0.25, 0.3) is 11.1 Å². The van der Waals surface area contributed by atoms with Crippen LogP contribution in [0.5, 0.6) is 0 Å². The van der Waals surface area contributed by atoms with Gasteiger partial charge in [-0.1, -0.05) is 69.2 Å². The van der Waals surface area contributed by atoms with Crippen LogP contribution in [0.1, 0.15) is 39.5 Å². The molecule has 0 aliphatic carbocycles. The summed E-state index contributed by atoms with van der Waals surface area (Å²) < 4.78 is 0. The van der Waals surface area contributed by atoms with E-state index in [-0.39, 0.29) is 34.7 Å². The molecule has 0 radical (unpaired) electrons. The highest BCUT2D eigenvalue weighted by atomic mass is 27.0. The van der Waals surface area contributed by atoms with Crippen molar-refractivity contribution in [3.63, 3.8) is 0 Å². The Kier molecular flexibility index (Phi) is 12.3. The number of nitrogens with zero attached hydrogens (tertiary/aromatic N) is 1. The summed E-state index contributed by atoms with van der Waals surface area (Å²) in [6, 6.07) is 19.6. The first kappa shape index (κ1) is 22.3. The molecular weight excluding hydrogens is 308 g/mol. The Morgan fingerprint density at radius 3 is 1.61 bits per heavy atom. The van der Waals surface area contributed by atoms with Crippen LogP contribution < -0.4 is 4.90 Å². The highest BCUT2D eigenvalue weighted by Gasteiger charge is 2.06. The van der Waals surface area contributed by atoms with Gasteiger partial charge in [-0.25, -0.2) is 0 Å². The minimum atomic E-state index is 0. The molecular formula is C20H33Al2N. The maximum absolute atomic E-state index is 2.53. The quantitative estimate of drug-likeness (QED) is 0.665. The van der Waals surface area contributed by atoms with Crippen molar-refractivity contribution < 1.29 is 0 Å². The number of hydrogen-bond acceptors (Lipinski definition) is 1. The lowest BCUT2D eigenvalue weighted by atomic mass is 10.1. The van der Waals surface area contributed by atoms with Gasteiger partial charge in [-0.3, -0.25) is 0 Å². The van der Waals surface area contributed by atoms with E-state index in [0.29, 0.717) is 0 Å². The molecule has 2 rings (SSSR count). The first-order chi connectivity index (χ1) is 10.3. The third kappa shape index (κ3) is 7.16. The van der Waals surface area contributed by atoms with E-state index in [1.165, 1.54) is 55.6 Å². The smallest absolute Gasteiger partial charge is 0.187 e. The van der Waals surface area contributed by atoms with Crippen molar-refractivity contribution >= 4 is 40.4 Å². The molecule has 0 amide bonds. The lowest BCUT2D eigenvalue weighted by Crippen LogP contribution is -2.25. The molecule has 0 aliphatic rings. The minimum absolute atomic E-state index is 0. The molecule has 0 N–H and O–H groups in total. The van der Waals surface area contributed by atoms with Crippen LogP contribution in [0.4, 0.5) is 5.69 Å². The Labute approximate surface area is 163 Å². The summed E-state index contributed by atoms with van der Waals surface area (Å²) >= 11 is 0. The average Bonchev–Trinajstić information content (AvgIpc) is 2.56. The van der Waals surface area contributed by atoms with E-state index in [1.807, 2.05) is 0 Å². The van der Waals surface area contributed by atoms with E-state index in [2.05, 4.69) is 73.3 Å². The van der Waals surface area contributed by atoms with Crippen LogP contribution in [0.2, 0.25) is 0 Å². The predicted octanol–water partition coefficient (Wildman–Crippen LogP) is 3.39. The van der Waals surface area contributed by atoms with Crippen LogP contribution >= 0.6 is 0 Å². The fourth-order valence-electron chi connectivity index (χ4n) is 2.56. The van der Waals surface area contributed by atoms with Crippen molar-refractivity contribution in [2.45, 2.75) is 39.5 Å². The van der Waals surface area contributed by atoms with E-state index in [1.54, 1.807) is 0 Å². The van der Waals surface area contributed by atoms with E-state index >= 15 is 0 Å². The molecule has 0 aliphatic heterocycles. The first-order valence-corrected chi connectivity index (χ1v) is 8.25. The highest BCUT2D eigenvalue weighted by Crippen LogP contribution is 2.23. The zero-order valence-electron chi connectivity index (χ0n) is 13.4. The van der Waals surface area contributed by atoms with Gasteiger partial charge in [0.2, 0.25) is 0 Å². The Morgan fingerprint density at radius 2 is 1.13 bits per heavy atom. The first-order valence-electron chi connectivity index (χ1n) is 8.25. The van der Waals surface area contributed by atoms with Crippen molar-refractivity contribution in [2.75, 3.05) is 18.0 Å². The average molecular weight is 341 g/mol. The highest BCUT2D eigenvalue weighted by molar-refractivity contribution is 5.76. The lowest BCUT2D eigenvalue weighted by Gasteiger charge is -2.25. The fourth-order valence-corrected chi connectivity index (χ4v) is 2.56. The molecule has 0 heterocycles. The zero-order chi connectivity index (χ0) is 14.9. The number of benzene rings is 2. The van der Waals surface area contributed by atoms with Crippen LogP contribution in [-0.2, 0) is 0 Å².